The van der Waals surface area contributed by atoms with Crippen LogP contribution >= 0.6 is 11.3 Å². The molecular formula is C49H32N4OS. The zero-order valence-corrected chi connectivity index (χ0v) is 30.9. The fourth-order valence-electron chi connectivity index (χ4n) is 8.14. The van der Waals surface area contributed by atoms with E-state index in [1.54, 1.807) is 11.3 Å². The second-order valence-corrected chi connectivity index (χ2v) is 15.7. The Kier molecular flexibility index (Phi) is 7.00. The van der Waals surface area contributed by atoms with Gasteiger partial charge in [0.25, 0.3) is 0 Å². The average Bonchev–Trinajstić information content (AvgIpc) is 3.90. The van der Waals surface area contributed by atoms with Crippen LogP contribution in [0, 0.1) is 0 Å². The molecule has 0 fully saturated rings. The summed E-state index contributed by atoms with van der Waals surface area (Å²) in [7, 11) is 0. The van der Waals surface area contributed by atoms with Gasteiger partial charge in [-0.3, -0.25) is 0 Å². The Hall–Kier alpha value is -6.76. The van der Waals surface area contributed by atoms with Gasteiger partial charge in [-0.05, 0) is 69.8 Å². The highest BCUT2D eigenvalue weighted by Crippen LogP contribution is 2.51. The number of fused-ring (bicyclic) bond motifs is 7. The van der Waals surface area contributed by atoms with Crippen LogP contribution in [0.3, 0.4) is 0 Å². The van der Waals surface area contributed by atoms with Crippen molar-refractivity contribution in [3.63, 3.8) is 0 Å². The molecule has 0 aliphatic heterocycles. The summed E-state index contributed by atoms with van der Waals surface area (Å²) in [5, 5.41) is 3.14. The first-order chi connectivity index (χ1) is 27.0. The van der Waals surface area contributed by atoms with Crippen molar-refractivity contribution < 1.29 is 4.42 Å². The zero-order valence-electron chi connectivity index (χ0n) is 30.1. The van der Waals surface area contributed by atoms with Gasteiger partial charge < -0.3 is 4.42 Å². The van der Waals surface area contributed by atoms with Gasteiger partial charge in [-0.15, -0.1) is 11.3 Å². The Morgan fingerprint density at radius 2 is 1.09 bits per heavy atom. The molecule has 6 heteroatoms. The lowest BCUT2D eigenvalue weighted by Crippen LogP contribution is -2.15. The van der Waals surface area contributed by atoms with Gasteiger partial charge >= 0.3 is 0 Å². The van der Waals surface area contributed by atoms with Crippen molar-refractivity contribution in [3.8, 4) is 67.0 Å². The van der Waals surface area contributed by atoms with Gasteiger partial charge in [0, 0.05) is 32.9 Å². The van der Waals surface area contributed by atoms with Crippen LogP contribution in [-0.2, 0) is 5.41 Å². The molecule has 0 radical (unpaired) electrons. The topological polar surface area (TPSA) is 64.7 Å². The molecule has 0 spiro atoms. The molecule has 1 aliphatic carbocycles. The van der Waals surface area contributed by atoms with E-state index >= 15 is 0 Å². The second kappa shape index (κ2) is 12.1. The molecule has 7 aromatic carbocycles. The molecule has 3 heterocycles. The molecule has 0 N–H and O–H groups in total. The number of rotatable bonds is 5. The summed E-state index contributed by atoms with van der Waals surface area (Å²) in [6.07, 6.45) is 0. The minimum atomic E-state index is -0.242. The molecular weight excluding hydrogens is 693 g/mol. The summed E-state index contributed by atoms with van der Waals surface area (Å²) in [5.74, 6) is 1.79. The summed E-state index contributed by atoms with van der Waals surface area (Å²) < 4.78 is 7.68. The first-order valence-electron chi connectivity index (χ1n) is 18.5. The van der Waals surface area contributed by atoms with Crippen LogP contribution in [0.2, 0.25) is 0 Å². The van der Waals surface area contributed by atoms with Gasteiger partial charge in [0.15, 0.2) is 17.5 Å². The van der Waals surface area contributed by atoms with Crippen molar-refractivity contribution in [2.45, 2.75) is 19.3 Å². The van der Waals surface area contributed by atoms with E-state index in [1.165, 1.54) is 27.0 Å². The number of benzene rings is 7. The quantitative estimate of drug-likeness (QED) is 0.177. The normalized spacial score (nSPS) is 13.1. The van der Waals surface area contributed by atoms with Crippen molar-refractivity contribution in [2.24, 2.45) is 0 Å². The van der Waals surface area contributed by atoms with Gasteiger partial charge in [0.2, 0.25) is 0 Å². The highest BCUT2D eigenvalue weighted by molar-refractivity contribution is 7.21. The fraction of sp³-hybridized carbons (Fsp3) is 0.0612. The lowest BCUT2D eigenvalue weighted by Gasteiger charge is -2.22. The van der Waals surface area contributed by atoms with Crippen LogP contribution in [0.15, 0.2) is 162 Å². The Morgan fingerprint density at radius 3 is 1.91 bits per heavy atom. The highest BCUT2D eigenvalue weighted by atomic mass is 32.1. The Morgan fingerprint density at radius 1 is 0.455 bits per heavy atom. The summed E-state index contributed by atoms with van der Waals surface area (Å²) in [6.45, 7) is 4.63. The van der Waals surface area contributed by atoms with Gasteiger partial charge in [0.05, 0.1) is 15.8 Å². The van der Waals surface area contributed by atoms with E-state index in [2.05, 4.69) is 135 Å². The van der Waals surface area contributed by atoms with Crippen LogP contribution in [0.5, 0.6) is 0 Å². The summed E-state index contributed by atoms with van der Waals surface area (Å²) in [5.41, 5.74) is 13.5. The Labute approximate surface area is 321 Å². The third-order valence-corrected chi connectivity index (χ3v) is 12.0. The van der Waals surface area contributed by atoms with Gasteiger partial charge in [-0.2, -0.15) is 0 Å². The lowest BCUT2D eigenvalue weighted by molar-refractivity contribution is 0.661. The van der Waals surface area contributed by atoms with E-state index in [-0.39, 0.29) is 5.41 Å². The van der Waals surface area contributed by atoms with Crippen LogP contribution in [0.4, 0.5) is 0 Å². The largest absolute Gasteiger partial charge is 0.455 e. The van der Waals surface area contributed by atoms with Crippen molar-refractivity contribution in [3.05, 3.63) is 169 Å². The van der Waals surface area contributed by atoms with E-state index < -0.39 is 0 Å². The molecule has 1 aliphatic rings. The molecule has 260 valence electrons. The standard InChI is InChI=1S/C49H32N4OS/c1-49(2)39-26-33(23-24-34(39)38-27-41-43(28-40(38)49)55-48(50-41)30-15-7-4-8-16-30)46-51-45(32-18-11-17-31(25-32)29-13-5-3-6-14-29)52-47(53-46)37-21-12-20-36-35-19-9-10-22-42(35)54-44(36)37/h3-28H,1-2H3. The number of hydrogen-bond donors (Lipinski definition) is 0. The maximum absolute atomic E-state index is 6.48. The molecule has 11 rings (SSSR count). The first kappa shape index (κ1) is 31.7. The Bertz CT molecular complexity index is 3130. The summed E-state index contributed by atoms with van der Waals surface area (Å²) in [6, 6.07) is 54.9. The van der Waals surface area contributed by atoms with Crippen molar-refractivity contribution in [2.75, 3.05) is 0 Å². The smallest absolute Gasteiger partial charge is 0.167 e. The number of para-hydroxylation sites is 2. The van der Waals surface area contributed by atoms with Crippen molar-refractivity contribution in [1.82, 2.24) is 19.9 Å². The minimum Gasteiger partial charge on any atom is -0.455 e. The lowest BCUT2D eigenvalue weighted by atomic mass is 9.82. The molecule has 0 amide bonds. The zero-order chi connectivity index (χ0) is 36.7. The third-order valence-electron chi connectivity index (χ3n) is 11.0. The SMILES string of the molecule is CC1(C)c2cc(-c3nc(-c4cccc(-c5ccccc5)c4)nc(-c4cccc5c4oc4ccccc45)n3)ccc2-c2cc3nc(-c4ccccc4)sc3cc21. The van der Waals surface area contributed by atoms with Crippen LogP contribution < -0.4 is 0 Å². The molecule has 0 unspecified atom stereocenters. The summed E-state index contributed by atoms with van der Waals surface area (Å²) >= 11 is 1.75. The van der Waals surface area contributed by atoms with E-state index in [0.717, 1.165) is 65.8 Å². The van der Waals surface area contributed by atoms with Crippen LogP contribution in [0.1, 0.15) is 25.0 Å². The predicted molar refractivity (Wildman–Crippen MR) is 225 cm³/mol. The molecule has 5 nitrogen and oxygen atoms in total. The highest BCUT2D eigenvalue weighted by Gasteiger charge is 2.36. The maximum Gasteiger partial charge on any atom is 0.167 e. The number of furan rings is 1. The molecule has 0 saturated carbocycles. The molecule has 0 saturated heterocycles. The molecule has 0 atom stereocenters. The van der Waals surface area contributed by atoms with Crippen LogP contribution in [0.25, 0.3) is 99.1 Å². The van der Waals surface area contributed by atoms with E-state index in [4.69, 9.17) is 24.4 Å². The first-order valence-corrected chi connectivity index (χ1v) is 19.3. The summed E-state index contributed by atoms with van der Waals surface area (Å²) in [4.78, 5) is 20.6. The van der Waals surface area contributed by atoms with E-state index in [9.17, 15) is 0 Å². The predicted octanol–water partition coefficient (Wildman–Crippen LogP) is 13.0. The second-order valence-electron chi connectivity index (χ2n) is 14.7. The number of hydrogen-bond acceptors (Lipinski definition) is 6. The average molecular weight is 725 g/mol. The fourth-order valence-corrected chi connectivity index (χ4v) is 9.14. The van der Waals surface area contributed by atoms with Gasteiger partial charge in [-0.25, -0.2) is 19.9 Å². The van der Waals surface area contributed by atoms with Crippen molar-refractivity contribution in [1.29, 1.82) is 0 Å². The minimum absolute atomic E-state index is 0.242. The Balaban J connectivity index is 1.07. The van der Waals surface area contributed by atoms with E-state index in [1.807, 2.05) is 36.4 Å². The van der Waals surface area contributed by atoms with Crippen molar-refractivity contribution >= 4 is 43.5 Å². The van der Waals surface area contributed by atoms with Gasteiger partial charge in [0.1, 0.15) is 16.2 Å². The monoisotopic (exact) mass is 724 g/mol. The van der Waals surface area contributed by atoms with Gasteiger partial charge in [-0.1, -0.05) is 135 Å². The number of aromatic nitrogens is 4. The molecule has 0 bridgehead atoms. The third kappa shape index (κ3) is 5.13. The molecule has 10 aromatic rings. The van der Waals surface area contributed by atoms with E-state index in [0.29, 0.717) is 17.5 Å². The number of nitrogens with zero attached hydrogens (tertiary/aromatic N) is 4. The molecule has 3 aromatic heterocycles. The maximum atomic E-state index is 6.48. The van der Waals surface area contributed by atoms with Crippen LogP contribution in [-0.4, -0.2) is 19.9 Å². The number of thiazole rings is 1. The molecule has 55 heavy (non-hydrogen) atoms.